The summed E-state index contributed by atoms with van der Waals surface area (Å²) in [7, 11) is 0. The first kappa shape index (κ1) is 15.4. The number of nitrogens with one attached hydrogen (secondary N) is 1. The van der Waals surface area contributed by atoms with Crippen LogP contribution in [0.3, 0.4) is 0 Å². The van der Waals surface area contributed by atoms with E-state index in [1.165, 1.54) is 29.2 Å². The average molecular weight is 293 g/mol. The number of rotatable bonds is 2. The first-order chi connectivity index (χ1) is 10.1. The zero-order valence-corrected chi connectivity index (χ0v) is 12.1. The third kappa shape index (κ3) is 3.78. The van der Waals surface area contributed by atoms with Gasteiger partial charge < -0.3 is 15.1 Å². The number of anilines is 1. The second kappa shape index (κ2) is 7.17. The standard InChI is InChI=1S/C15H20FN3O2/c1-2-19(13-6-4-12(16)5-7-13)15(21)14(20)18-10-3-8-17-9-11-18/h4-7,17H,2-3,8-11H2,1H3. The maximum absolute atomic E-state index is 13.0. The molecule has 21 heavy (non-hydrogen) atoms. The van der Waals surface area contributed by atoms with Gasteiger partial charge in [0.05, 0.1) is 0 Å². The van der Waals surface area contributed by atoms with E-state index in [1.54, 1.807) is 11.8 Å². The normalized spacial score (nSPS) is 15.4. The van der Waals surface area contributed by atoms with Crippen molar-refractivity contribution < 1.29 is 14.0 Å². The Kier molecular flexibility index (Phi) is 5.27. The van der Waals surface area contributed by atoms with Gasteiger partial charge in [0.1, 0.15) is 5.82 Å². The van der Waals surface area contributed by atoms with Crippen molar-refractivity contribution in [1.29, 1.82) is 0 Å². The molecule has 1 aromatic rings. The monoisotopic (exact) mass is 293 g/mol. The van der Waals surface area contributed by atoms with Crippen LogP contribution in [0.5, 0.6) is 0 Å². The van der Waals surface area contributed by atoms with E-state index in [0.29, 0.717) is 31.9 Å². The van der Waals surface area contributed by atoms with Crippen molar-refractivity contribution in [3.8, 4) is 0 Å². The number of halogens is 1. The number of carbonyl (C=O) groups is 2. The maximum atomic E-state index is 13.0. The third-order valence-corrected chi connectivity index (χ3v) is 3.51. The summed E-state index contributed by atoms with van der Waals surface area (Å²) in [5.74, 6) is -1.43. The smallest absolute Gasteiger partial charge is 0.316 e. The summed E-state index contributed by atoms with van der Waals surface area (Å²) in [5, 5.41) is 3.19. The van der Waals surface area contributed by atoms with Crippen molar-refractivity contribution in [3.63, 3.8) is 0 Å². The number of hydrogen-bond donors (Lipinski definition) is 1. The molecule has 1 heterocycles. The van der Waals surface area contributed by atoms with Crippen LogP contribution in [-0.4, -0.2) is 49.4 Å². The van der Waals surface area contributed by atoms with Crippen LogP contribution in [0.25, 0.3) is 0 Å². The minimum Gasteiger partial charge on any atom is -0.333 e. The van der Waals surface area contributed by atoms with Crippen molar-refractivity contribution in [1.82, 2.24) is 10.2 Å². The van der Waals surface area contributed by atoms with Gasteiger partial charge in [0.15, 0.2) is 0 Å². The van der Waals surface area contributed by atoms with E-state index in [-0.39, 0.29) is 5.82 Å². The van der Waals surface area contributed by atoms with Crippen LogP contribution < -0.4 is 10.2 Å². The number of hydrogen-bond acceptors (Lipinski definition) is 3. The van der Waals surface area contributed by atoms with Crippen molar-refractivity contribution in [2.24, 2.45) is 0 Å². The molecule has 0 radical (unpaired) electrons. The summed E-state index contributed by atoms with van der Waals surface area (Å²) in [6.07, 6.45) is 0.835. The van der Waals surface area contributed by atoms with Gasteiger partial charge >= 0.3 is 11.8 Å². The average Bonchev–Trinajstić information content (AvgIpc) is 2.78. The minimum atomic E-state index is -0.564. The molecular formula is C15H20FN3O2. The van der Waals surface area contributed by atoms with Crippen LogP contribution in [0.1, 0.15) is 13.3 Å². The van der Waals surface area contributed by atoms with Crippen molar-refractivity contribution in [2.45, 2.75) is 13.3 Å². The molecule has 1 aliphatic rings. The first-order valence-corrected chi connectivity index (χ1v) is 7.20. The Bertz CT molecular complexity index is 496. The molecule has 1 fully saturated rings. The second-order valence-corrected chi connectivity index (χ2v) is 4.92. The van der Waals surface area contributed by atoms with Crippen LogP contribution >= 0.6 is 0 Å². The van der Waals surface area contributed by atoms with Gasteiger partial charge in [-0.1, -0.05) is 0 Å². The van der Waals surface area contributed by atoms with E-state index < -0.39 is 11.8 Å². The molecule has 0 atom stereocenters. The van der Waals surface area contributed by atoms with E-state index in [1.807, 2.05) is 0 Å². The summed E-state index contributed by atoms with van der Waals surface area (Å²) in [4.78, 5) is 27.7. The third-order valence-electron chi connectivity index (χ3n) is 3.51. The van der Waals surface area contributed by atoms with Gasteiger partial charge in [-0.25, -0.2) is 4.39 Å². The fourth-order valence-corrected chi connectivity index (χ4v) is 2.36. The Balaban J connectivity index is 2.11. The molecule has 0 aliphatic carbocycles. The fraction of sp³-hybridized carbons (Fsp3) is 0.467. The lowest BCUT2D eigenvalue weighted by Gasteiger charge is -2.25. The van der Waals surface area contributed by atoms with Crippen molar-refractivity contribution in [2.75, 3.05) is 37.6 Å². The molecule has 0 unspecified atom stereocenters. The van der Waals surface area contributed by atoms with Crippen LogP contribution in [0.4, 0.5) is 10.1 Å². The highest BCUT2D eigenvalue weighted by Crippen LogP contribution is 2.15. The predicted molar refractivity (Wildman–Crippen MR) is 78.5 cm³/mol. The SMILES string of the molecule is CCN(C(=O)C(=O)N1CCCNCC1)c1ccc(F)cc1. The quantitative estimate of drug-likeness (QED) is 0.828. The number of amides is 2. The molecule has 114 valence electrons. The number of carbonyl (C=O) groups excluding carboxylic acids is 2. The largest absolute Gasteiger partial charge is 0.333 e. The molecule has 2 rings (SSSR count). The van der Waals surface area contributed by atoms with Gasteiger partial charge in [0, 0.05) is 31.9 Å². The molecule has 1 N–H and O–H groups in total. The fourth-order valence-electron chi connectivity index (χ4n) is 2.36. The predicted octanol–water partition coefficient (Wildman–Crippen LogP) is 1.00. The molecule has 0 bridgehead atoms. The van der Waals surface area contributed by atoms with Crippen molar-refractivity contribution >= 4 is 17.5 Å². The second-order valence-electron chi connectivity index (χ2n) is 4.92. The summed E-state index contributed by atoms with van der Waals surface area (Å²) in [6.45, 7) is 4.82. The van der Waals surface area contributed by atoms with Gasteiger partial charge in [0.2, 0.25) is 0 Å². The van der Waals surface area contributed by atoms with E-state index >= 15 is 0 Å². The van der Waals surface area contributed by atoms with E-state index in [2.05, 4.69) is 5.32 Å². The lowest BCUT2D eigenvalue weighted by Crippen LogP contribution is -2.46. The van der Waals surface area contributed by atoms with E-state index in [0.717, 1.165) is 13.0 Å². The van der Waals surface area contributed by atoms with Crippen molar-refractivity contribution in [3.05, 3.63) is 30.1 Å². The maximum Gasteiger partial charge on any atom is 0.316 e. The van der Waals surface area contributed by atoms with E-state index in [9.17, 15) is 14.0 Å². The highest BCUT2D eigenvalue weighted by molar-refractivity contribution is 6.40. The van der Waals surface area contributed by atoms with Gasteiger partial charge in [0.25, 0.3) is 0 Å². The zero-order chi connectivity index (χ0) is 15.2. The molecule has 6 heteroatoms. The number of nitrogens with zero attached hydrogens (tertiary/aromatic N) is 2. The molecule has 0 aromatic heterocycles. The molecule has 0 spiro atoms. The summed E-state index contributed by atoms with van der Waals surface area (Å²) in [5.41, 5.74) is 0.533. The molecule has 1 saturated heterocycles. The Hall–Kier alpha value is -1.95. The highest BCUT2D eigenvalue weighted by atomic mass is 19.1. The van der Waals surface area contributed by atoms with Crippen LogP contribution in [0.2, 0.25) is 0 Å². The van der Waals surface area contributed by atoms with Gasteiger partial charge in [-0.05, 0) is 44.2 Å². The summed E-state index contributed by atoms with van der Waals surface area (Å²) < 4.78 is 13.0. The minimum absolute atomic E-state index is 0.363. The lowest BCUT2D eigenvalue weighted by molar-refractivity contribution is -0.144. The molecule has 0 saturated carbocycles. The highest BCUT2D eigenvalue weighted by Gasteiger charge is 2.27. The molecule has 1 aromatic carbocycles. The summed E-state index contributed by atoms with van der Waals surface area (Å²) in [6, 6.07) is 5.58. The Labute approximate surface area is 123 Å². The Morgan fingerprint density at radius 1 is 1.24 bits per heavy atom. The molecule has 1 aliphatic heterocycles. The Morgan fingerprint density at radius 3 is 2.62 bits per heavy atom. The summed E-state index contributed by atoms with van der Waals surface area (Å²) >= 11 is 0. The molecule has 2 amide bonds. The lowest BCUT2D eigenvalue weighted by atomic mass is 10.2. The zero-order valence-electron chi connectivity index (χ0n) is 12.1. The van der Waals surface area contributed by atoms with Gasteiger partial charge in [-0.2, -0.15) is 0 Å². The number of benzene rings is 1. The van der Waals surface area contributed by atoms with Crippen LogP contribution in [0, 0.1) is 5.82 Å². The van der Waals surface area contributed by atoms with Gasteiger partial charge in [-0.15, -0.1) is 0 Å². The van der Waals surface area contributed by atoms with Crippen LogP contribution in [0.15, 0.2) is 24.3 Å². The van der Waals surface area contributed by atoms with E-state index in [4.69, 9.17) is 0 Å². The number of likely N-dealkylation sites (N-methyl/N-ethyl adjacent to an activating group) is 1. The van der Waals surface area contributed by atoms with Gasteiger partial charge in [-0.3, -0.25) is 9.59 Å². The molecular weight excluding hydrogens is 273 g/mol. The molecule has 5 nitrogen and oxygen atoms in total. The first-order valence-electron chi connectivity index (χ1n) is 7.20. The topological polar surface area (TPSA) is 52.7 Å². The van der Waals surface area contributed by atoms with Crippen LogP contribution in [-0.2, 0) is 9.59 Å². The Morgan fingerprint density at radius 2 is 1.95 bits per heavy atom.